The number of aliphatic hydroxyl groups is 1. The molecule has 2 atom stereocenters. The van der Waals surface area contributed by atoms with Gasteiger partial charge in [-0.25, -0.2) is 0 Å². The number of hydrogen-bond acceptors (Lipinski definition) is 4. The van der Waals surface area contributed by atoms with Crippen molar-refractivity contribution in [3.63, 3.8) is 0 Å². The standard InChI is InChI=1S/C22H28N2O2/c1-16-5-3-4-6-20(16)24-11-9-23(10-12-24)15-21(25)18-7-8-22-19(14-18)13-17(2)26-22/h3-8,14,17,21,25H,9-13,15H2,1-2H3/t17-,21+/m1/s1. The largest absolute Gasteiger partial charge is 0.490 e. The zero-order valence-corrected chi connectivity index (χ0v) is 15.7. The molecule has 2 aromatic rings. The maximum atomic E-state index is 10.7. The number of para-hydroxylation sites is 1. The smallest absolute Gasteiger partial charge is 0.123 e. The summed E-state index contributed by atoms with van der Waals surface area (Å²) in [6.07, 6.45) is 0.735. The van der Waals surface area contributed by atoms with E-state index in [1.165, 1.54) is 16.8 Å². The number of β-amino-alcohol motifs (C(OH)–C–C–N with tert-alkyl or cyclic N) is 1. The van der Waals surface area contributed by atoms with Crippen LogP contribution in [0.25, 0.3) is 0 Å². The number of nitrogens with zero attached hydrogens (tertiary/aromatic N) is 2. The second-order valence-electron chi connectivity index (χ2n) is 7.59. The number of aliphatic hydroxyl groups excluding tert-OH is 1. The Labute approximate surface area is 156 Å². The van der Waals surface area contributed by atoms with E-state index in [1.807, 2.05) is 12.1 Å². The Morgan fingerprint density at radius 1 is 1.12 bits per heavy atom. The summed E-state index contributed by atoms with van der Waals surface area (Å²) in [5.41, 5.74) is 4.89. The third kappa shape index (κ3) is 3.57. The Morgan fingerprint density at radius 3 is 2.65 bits per heavy atom. The van der Waals surface area contributed by atoms with Crippen molar-refractivity contribution in [3.8, 4) is 5.75 Å². The van der Waals surface area contributed by atoms with Gasteiger partial charge in [0.15, 0.2) is 0 Å². The molecular formula is C22H28N2O2. The lowest BCUT2D eigenvalue weighted by molar-refractivity contribution is 0.109. The minimum absolute atomic E-state index is 0.243. The Morgan fingerprint density at radius 2 is 1.88 bits per heavy atom. The molecule has 0 amide bonds. The molecular weight excluding hydrogens is 324 g/mol. The fourth-order valence-corrected chi connectivity index (χ4v) is 4.09. The Bertz CT molecular complexity index is 768. The highest BCUT2D eigenvalue weighted by Gasteiger charge is 2.23. The van der Waals surface area contributed by atoms with Gasteiger partial charge in [0.25, 0.3) is 0 Å². The summed E-state index contributed by atoms with van der Waals surface area (Å²) in [5, 5.41) is 10.7. The molecule has 0 saturated carbocycles. The Kier molecular flexibility index (Phi) is 4.88. The molecule has 1 N–H and O–H groups in total. The van der Waals surface area contributed by atoms with Crippen molar-refractivity contribution in [1.29, 1.82) is 0 Å². The van der Waals surface area contributed by atoms with Crippen LogP contribution in [-0.2, 0) is 6.42 Å². The van der Waals surface area contributed by atoms with Crippen LogP contribution < -0.4 is 9.64 Å². The number of ether oxygens (including phenoxy) is 1. The lowest BCUT2D eigenvalue weighted by Gasteiger charge is -2.37. The van der Waals surface area contributed by atoms with Gasteiger partial charge < -0.3 is 14.7 Å². The van der Waals surface area contributed by atoms with Crippen LogP contribution in [0.5, 0.6) is 5.75 Å². The minimum atomic E-state index is -0.443. The average Bonchev–Trinajstić information content (AvgIpc) is 3.02. The predicted molar refractivity (Wildman–Crippen MR) is 105 cm³/mol. The van der Waals surface area contributed by atoms with E-state index in [-0.39, 0.29) is 6.10 Å². The zero-order chi connectivity index (χ0) is 18.1. The monoisotopic (exact) mass is 352 g/mol. The molecule has 1 saturated heterocycles. The lowest BCUT2D eigenvalue weighted by Crippen LogP contribution is -2.47. The van der Waals surface area contributed by atoms with Gasteiger partial charge in [-0.15, -0.1) is 0 Å². The summed E-state index contributed by atoms with van der Waals surface area (Å²) in [4.78, 5) is 4.82. The van der Waals surface area contributed by atoms with Crippen LogP contribution in [0, 0.1) is 6.92 Å². The first-order valence-corrected chi connectivity index (χ1v) is 9.60. The van der Waals surface area contributed by atoms with Crippen LogP contribution in [0.2, 0.25) is 0 Å². The van der Waals surface area contributed by atoms with Gasteiger partial charge >= 0.3 is 0 Å². The Balaban J connectivity index is 1.34. The topological polar surface area (TPSA) is 35.9 Å². The van der Waals surface area contributed by atoms with Gasteiger partial charge in [-0.05, 0) is 48.7 Å². The van der Waals surface area contributed by atoms with E-state index in [4.69, 9.17) is 4.74 Å². The molecule has 0 bridgehead atoms. The van der Waals surface area contributed by atoms with Gasteiger partial charge in [0.2, 0.25) is 0 Å². The molecule has 0 unspecified atom stereocenters. The summed E-state index contributed by atoms with van der Waals surface area (Å²) < 4.78 is 5.76. The molecule has 2 aromatic carbocycles. The fraction of sp³-hybridized carbons (Fsp3) is 0.455. The van der Waals surface area contributed by atoms with Crippen molar-refractivity contribution in [2.24, 2.45) is 0 Å². The summed E-state index contributed by atoms with van der Waals surface area (Å²) in [5.74, 6) is 0.972. The number of benzene rings is 2. The lowest BCUT2D eigenvalue weighted by atomic mass is 10.0. The SMILES string of the molecule is Cc1ccccc1N1CCN(C[C@H](O)c2ccc3c(c2)C[C@@H](C)O3)CC1. The predicted octanol–water partition coefficient (Wildman–Crippen LogP) is 3.17. The van der Waals surface area contributed by atoms with E-state index in [0.29, 0.717) is 6.54 Å². The van der Waals surface area contributed by atoms with Gasteiger partial charge in [-0.2, -0.15) is 0 Å². The maximum Gasteiger partial charge on any atom is 0.123 e. The van der Waals surface area contributed by atoms with Gasteiger partial charge in [0, 0.05) is 44.8 Å². The number of piperazine rings is 1. The fourth-order valence-electron chi connectivity index (χ4n) is 4.09. The molecule has 4 rings (SSSR count). The average molecular weight is 352 g/mol. The van der Waals surface area contributed by atoms with Crippen molar-refractivity contribution in [3.05, 3.63) is 59.2 Å². The third-order valence-corrected chi connectivity index (χ3v) is 5.56. The van der Waals surface area contributed by atoms with Crippen molar-refractivity contribution in [2.75, 3.05) is 37.6 Å². The molecule has 26 heavy (non-hydrogen) atoms. The van der Waals surface area contributed by atoms with Crippen LogP contribution in [0.3, 0.4) is 0 Å². The van der Waals surface area contributed by atoms with Crippen LogP contribution >= 0.6 is 0 Å². The van der Waals surface area contributed by atoms with Gasteiger partial charge in [0.1, 0.15) is 11.9 Å². The van der Waals surface area contributed by atoms with Crippen LogP contribution in [0.4, 0.5) is 5.69 Å². The number of aryl methyl sites for hydroxylation is 1. The zero-order valence-electron chi connectivity index (χ0n) is 15.7. The highest BCUT2D eigenvalue weighted by molar-refractivity contribution is 5.53. The molecule has 0 spiro atoms. The Hall–Kier alpha value is -2.04. The second kappa shape index (κ2) is 7.29. The minimum Gasteiger partial charge on any atom is -0.490 e. The van der Waals surface area contributed by atoms with E-state index in [9.17, 15) is 5.11 Å². The second-order valence-corrected chi connectivity index (χ2v) is 7.59. The maximum absolute atomic E-state index is 10.7. The van der Waals surface area contributed by atoms with Gasteiger partial charge in [-0.3, -0.25) is 4.90 Å². The molecule has 1 fully saturated rings. The van der Waals surface area contributed by atoms with Crippen molar-refractivity contribution in [2.45, 2.75) is 32.5 Å². The first kappa shape index (κ1) is 17.4. The number of fused-ring (bicyclic) bond motifs is 1. The third-order valence-electron chi connectivity index (χ3n) is 5.56. The molecule has 138 valence electrons. The highest BCUT2D eigenvalue weighted by atomic mass is 16.5. The van der Waals surface area contributed by atoms with Crippen LogP contribution in [0.1, 0.15) is 29.7 Å². The molecule has 4 nitrogen and oxygen atoms in total. The van der Waals surface area contributed by atoms with Crippen molar-refractivity contribution < 1.29 is 9.84 Å². The number of rotatable bonds is 4. The van der Waals surface area contributed by atoms with Gasteiger partial charge in [-0.1, -0.05) is 24.3 Å². The summed E-state index contributed by atoms with van der Waals surface area (Å²) in [7, 11) is 0. The van der Waals surface area contributed by atoms with E-state index in [1.54, 1.807) is 0 Å². The summed E-state index contributed by atoms with van der Waals surface area (Å²) >= 11 is 0. The normalized spacial score (nSPS) is 21.3. The molecule has 0 aromatic heterocycles. The van der Waals surface area contributed by atoms with E-state index >= 15 is 0 Å². The van der Waals surface area contributed by atoms with Crippen LogP contribution in [0.15, 0.2) is 42.5 Å². The molecule has 2 heterocycles. The summed E-state index contributed by atoms with van der Waals surface area (Å²) in [6, 6.07) is 14.7. The van der Waals surface area contributed by atoms with Crippen LogP contribution in [-0.4, -0.2) is 48.8 Å². The van der Waals surface area contributed by atoms with Crippen molar-refractivity contribution >= 4 is 5.69 Å². The quantitative estimate of drug-likeness (QED) is 0.917. The van der Waals surface area contributed by atoms with E-state index in [0.717, 1.165) is 43.9 Å². The molecule has 2 aliphatic rings. The van der Waals surface area contributed by atoms with Crippen molar-refractivity contribution in [1.82, 2.24) is 4.90 Å². The number of anilines is 1. The molecule has 0 radical (unpaired) electrons. The highest BCUT2D eigenvalue weighted by Crippen LogP contribution is 2.31. The first-order chi connectivity index (χ1) is 12.6. The van der Waals surface area contributed by atoms with E-state index < -0.39 is 6.10 Å². The molecule has 4 heteroatoms. The van der Waals surface area contributed by atoms with E-state index in [2.05, 4.69) is 54.0 Å². The van der Waals surface area contributed by atoms with Gasteiger partial charge in [0.05, 0.1) is 6.10 Å². The summed E-state index contributed by atoms with van der Waals surface area (Å²) in [6.45, 7) is 8.93. The molecule has 2 aliphatic heterocycles. The first-order valence-electron chi connectivity index (χ1n) is 9.60. The number of hydrogen-bond donors (Lipinski definition) is 1. The molecule has 0 aliphatic carbocycles.